The summed E-state index contributed by atoms with van der Waals surface area (Å²) in [5.41, 5.74) is 2.61. The number of hydroxylamine groups is 1. The van der Waals surface area contributed by atoms with Crippen LogP contribution in [0.15, 0.2) is 34.6 Å². The lowest BCUT2D eigenvalue weighted by atomic mass is 10.2. The number of aromatic nitrogens is 1. The summed E-state index contributed by atoms with van der Waals surface area (Å²) in [6.07, 6.45) is 1.78. The average molecular weight is 453 g/mol. The van der Waals surface area contributed by atoms with Crippen molar-refractivity contribution in [2.24, 2.45) is 10.2 Å². The van der Waals surface area contributed by atoms with Gasteiger partial charge in [0.05, 0.1) is 64.2 Å². The highest BCUT2D eigenvalue weighted by atomic mass is 32.1. The number of aliphatic hydroxyl groups excluding tert-OH is 1. The highest BCUT2D eigenvalue weighted by molar-refractivity contribution is 7.15. The van der Waals surface area contributed by atoms with Gasteiger partial charge in [-0.05, 0) is 44.5 Å². The van der Waals surface area contributed by atoms with Crippen LogP contribution < -0.4 is 5.06 Å². The zero-order chi connectivity index (χ0) is 22.3. The Kier molecular flexibility index (Phi) is 12.2. The van der Waals surface area contributed by atoms with Crippen molar-refractivity contribution in [3.8, 4) is 0 Å². The first-order valence-electron chi connectivity index (χ1n) is 10.3. The molecule has 1 aromatic heterocycles. The highest BCUT2D eigenvalue weighted by Gasteiger charge is 2.10. The van der Waals surface area contributed by atoms with Crippen molar-refractivity contribution in [3.63, 3.8) is 0 Å². The van der Waals surface area contributed by atoms with Crippen LogP contribution in [0.2, 0.25) is 0 Å². The highest BCUT2D eigenvalue weighted by Crippen LogP contribution is 2.28. The molecule has 1 heterocycles. The van der Waals surface area contributed by atoms with Crippen molar-refractivity contribution in [2.45, 2.75) is 20.8 Å². The number of anilines is 1. The molecule has 0 unspecified atom stereocenters. The maximum Gasteiger partial charge on any atom is 0.230 e. The van der Waals surface area contributed by atoms with Crippen molar-refractivity contribution < 1.29 is 24.2 Å². The summed E-state index contributed by atoms with van der Waals surface area (Å²) in [5, 5.41) is 19.8. The number of nitrogens with zero attached hydrogens (tertiary/aromatic N) is 4. The second-order valence-corrected chi connectivity index (χ2v) is 7.72. The van der Waals surface area contributed by atoms with E-state index in [1.54, 1.807) is 11.3 Å². The van der Waals surface area contributed by atoms with Gasteiger partial charge in [0.2, 0.25) is 5.13 Å². The Morgan fingerprint density at radius 1 is 1.00 bits per heavy atom. The van der Waals surface area contributed by atoms with E-state index in [4.69, 9.17) is 24.2 Å². The van der Waals surface area contributed by atoms with Crippen molar-refractivity contribution in [3.05, 3.63) is 34.8 Å². The minimum Gasteiger partial charge on any atom is -0.394 e. The summed E-state index contributed by atoms with van der Waals surface area (Å²) in [6, 6.07) is 5.82. The van der Waals surface area contributed by atoms with Crippen LogP contribution in [0.5, 0.6) is 0 Å². The lowest BCUT2D eigenvalue weighted by Gasteiger charge is -2.24. The summed E-state index contributed by atoms with van der Waals surface area (Å²) in [7, 11) is 0. The molecule has 0 amide bonds. The Morgan fingerprint density at radius 3 is 2.48 bits per heavy atom. The molecule has 10 heteroatoms. The number of hydrogen-bond acceptors (Lipinski definition) is 10. The normalized spacial score (nSPS) is 11.5. The van der Waals surface area contributed by atoms with Crippen molar-refractivity contribution in [1.82, 2.24) is 4.98 Å². The molecule has 1 aromatic carbocycles. The fraction of sp³-hybridized carbons (Fsp3) is 0.571. The second kappa shape index (κ2) is 15.0. The smallest absolute Gasteiger partial charge is 0.230 e. The van der Waals surface area contributed by atoms with Crippen molar-refractivity contribution >= 4 is 27.8 Å². The summed E-state index contributed by atoms with van der Waals surface area (Å²) in [6.45, 7) is 9.78. The lowest BCUT2D eigenvalue weighted by molar-refractivity contribution is 0.00450. The van der Waals surface area contributed by atoms with Gasteiger partial charge in [0.15, 0.2) is 0 Å². The third-order valence-corrected chi connectivity index (χ3v) is 4.84. The zero-order valence-corrected chi connectivity index (χ0v) is 19.3. The molecule has 0 atom stereocenters. The van der Waals surface area contributed by atoms with E-state index in [-0.39, 0.29) is 6.61 Å². The Labute approximate surface area is 187 Å². The molecule has 0 bridgehead atoms. The van der Waals surface area contributed by atoms with E-state index >= 15 is 0 Å². The number of rotatable bonds is 16. The predicted octanol–water partition coefficient (Wildman–Crippen LogP) is 3.98. The topological polar surface area (TPSA) is 98.0 Å². The number of azo groups is 1. The van der Waals surface area contributed by atoms with Gasteiger partial charge in [-0.2, -0.15) is 0 Å². The Balaban J connectivity index is 1.95. The van der Waals surface area contributed by atoms with Crippen LogP contribution in [-0.4, -0.2) is 69.5 Å². The van der Waals surface area contributed by atoms with Gasteiger partial charge in [-0.3, -0.25) is 9.90 Å². The van der Waals surface area contributed by atoms with Crippen LogP contribution in [0, 0.1) is 13.8 Å². The number of thiazole rings is 1. The predicted molar refractivity (Wildman–Crippen MR) is 121 cm³/mol. The van der Waals surface area contributed by atoms with E-state index in [9.17, 15) is 0 Å². The van der Waals surface area contributed by atoms with Crippen LogP contribution in [0.4, 0.5) is 16.5 Å². The first-order valence-corrected chi connectivity index (χ1v) is 11.1. The second-order valence-electron chi connectivity index (χ2n) is 6.50. The molecule has 0 aliphatic rings. The molecule has 9 nitrogen and oxygen atoms in total. The quantitative estimate of drug-likeness (QED) is 0.234. The first-order chi connectivity index (χ1) is 15.1. The molecular formula is C21H32N4O5S. The summed E-state index contributed by atoms with van der Waals surface area (Å²) in [5.74, 6) is 0. The molecule has 0 aliphatic heterocycles. The fourth-order valence-electron chi connectivity index (χ4n) is 2.55. The van der Waals surface area contributed by atoms with E-state index in [0.29, 0.717) is 57.9 Å². The van der Waals surface area contributed by atoms with Gasteiger partial charge in [-0.15, -0.1) is 10.2 Å². The summed E-state index contributed by atoms with van der Waals surface area (Å²) in [4.78, 5) is 11.2. The maximum absolute atomic E-state index is 8.89. The van der Waals surface area contributed by atoms with Gasteiger partial charge < -0.3 is 19.3 Å². The molecule has 172 valence electrons. The van der Waals surface area contributed by atoms with E-state index in [0.717, 1.165) is 21.8 Å². The zero-order valence-electron chi connectivity index (χ0n) is 18.5. The third-order valence-electron chi connectivity index (χ3n) is 4.05. The van der Waals surface area contributed by atoms with Crippen LogP contribution in [-0.2, 0) is 19.0 Å². The lowest BCUT2D eigenvalue weighted by Crippen LogP contribution is -2.29. The number of aryl methyl sites for hydroxylation is 2. The number of ether oxygens (including phenoxy) is 3. The van der Waals surface area contributed by atoms with Crippen LogP contribution in [0.1, 0.15) is 17.4 Å². The Morgan fingerprint density at radius 2 is 1.77 bits per heavy atom. The molecule has 0 spiro atoms. The fourth-order valence-corrected chi connectivity index (χ4v) is 3.13. The molecule has 31 heavy (non-hydrogen) atoms. The van der Waals surface area contributed by atoms with E-state index in [1.165, 1.54) is 11.3 Å². The number of aliphatic hydroxyl groups is 1. The van der Waals surface area contributed by atoms with Gasteiger partial charge >= 0.3 is 0 Å². The molecule has 0 fully saturated rings. The van der Waals surface area contributed by atoms with Crippen molar-refractivity contribution in [2.75, 3.05) is 64.5 Å². The average Bonchev–Trinajstić information content (AvgIpc) is 3.18. The molecule has 0 saturated carbocycles. The molecule has 1 N–H and O–H groups in total. The van der Waals surface area contributed by atoms with Gasteiger partial charge in [0.25, 0.3) is 0 Å². The minimum atomic E-state index is -0.00798. The Bertz CT molecular complexity index is 787. The molecular weight excluding hydrogens is 420 g/mol. The first kappa shape index (κ1) is 25.3. The standard InChI is InChI=1S/C21H32N4O5S/c1-4-27-11-12-29-13-14-30-25(7-9-28-10-8-26)19-5-6-20(17(2)15-19)23-24-21-22-16-18(3)31-21/h5-6,15-16,26H,4,7-14H2,1-3H3. The molecule has 0 saturated heterocycles. The van der Waals surface area contributed by atoms with Crippen molar-refractivity contribution in [1.29, 1.82) is 0 Å². The monoisotopic (exact) mass is 452 g/mol. The van der Waals surface area contributed by atoms with Crippen LogP contribution in [0.3, 0.4) is 0 Å². The summed E-state index contributed by atoms with van der Waals surface area (Å²) < 4.78 is 16.1. The van der Waals surface area contributed by atoms with Gasteiger partial charge in [-0.25, -0.2) is 4.98 Å². The minimum absolute atomic E-state index is 0.00798. The molecule has 2 aromatic rings. The Hall–Kier alpha value is -1.95. The van der Waals surface area contributed by atoms with E-state index in [1.807, 2.05) is 39.0 Å². The van der Waals surface area contributed by atoms with Gasteiger partial charge in [0, 0.05) is 17.7 Å². The summed E-state index contributed by atoms with van der Waals surface area (Å²) >= 11 is 1.50. The molecule has 0 aliphatic carbocycles. The van der Waals surface area contributed by atoms with E-state index in [2.05, 4.69) is 15.2 Å². The van der Waals surface area contributed by atoms with Gasteiger partial charge in [0.1, 0.15) is 0 Å². The molecule has 2 rings (SSSR count). The largest absolute Gasteiger partial charge is 0.394 e. The molecule has 0 radical (unpaired) electrons. The van der Waals surface area contributed by atoms with Crippen LogP contribution >= 0.6 is 11.3 Å². The maximum atomic E-state index is 8.89. The third kappa shape index (κ3) is 9.81. The van der Waals surface area contributed by atoms with Gasteiger partial charge in [-0.1, -0.05) is 11.3 Å². The number of benzene rings is 1. The van der Waals surface area contributed by atoms with E-state index < -0.39 is 0 Å². The SMILES string of the molecule is CCOCCOCCON(CCOCCO)c1ccc(N=Nc2ncc(C)s2)c(C)c1. The number of hydrogen-bond donors (Lipinski definition) is 1. The van der Waals surface area contributed by atoms with Crippen LogP contribution in [0.25, 0.3) is 0 Å².